The number of aromatic nitrogens is 4. The maximum atomic E-state index is 13.8. The molecule has 1 aliphatic rings. The maximum Gasteiger partial charge on any atom is 0.335 e. The average Bonchev–Trinajstić information content (AvgIpc) is 3.29. The van der Waals surface area contributed by atoms with Crippen molar-refractivity contribution in [3.05, 3.63) is 83.1 Å². The second-order valence-corrected chi connectivity index (χ2v) is 11.3. The number of nitrogen functional groups attached to an aromatic ring is 1. The van der Waals surface area contributed by atoms with E-state index in [0.717, 1.165) is 25.9 Å². The minimum Gasteiger partial charge on any atom is -0.457 e. The molecular formula is C32H36N8O3. The normalized spacial score (nSPS) is 15.2. The molecule has 0 bridgehead atoms. The molecule has 0 saturated carbocycles. The summed E-state index contributed by atoms with van der Waals surface area (Å²) in [4.78, 5) is 37.7. The largest absolute Gasteiger partial charge is 0.457 e. The topological polar surface area (TPSA) is 144 Å². The Labute approximate surface area is 250 Å². The lowest BCUT2D eigenvalue weighted by Gasteiger charge is -2.39. The van der Waals surface area contributed by atoms with Crippen LogP contribution in [0.4, 0.5) is 5.82 Å². The fourth-order valence-electron chi connectivity index (χ4n) is 5.48. The fraction of sp³-hybridized carbons (Fsp3) is 0.344. The molecular weight excluding hydrogens is 544 g/mol. The monoisotopic (exact) mass is 580 g/mol. The number of amides is 1. The van der Waals surface area contributed by atoms with Gasteiger partial charge in [0.15, 0.2) is 11.5 Å². The van der Waals surface area contributed by atoms with Crippen LogP contribution >= 0.6 is 0 Å². The smallest absolute Gasteiger partial charge is 0.335 e. The second-order valence-electron chi connectivity index (χ2n) is 11.3. The van der Waals surface area contributed by atoms with Crippen LogP contribution in [0.5, 0.6) is 11.5 Å². The van der Waals surface area contributed by atoms with E-state index in [4.69, 9.17) is 10.5 Å². The number of carbonyl (C=O) groups excluding carboxylic acids is 1. The zero-order valence-corrected chi connectivity index (χ0v) is 24.7. The van der Waals surface area contributed by atoms with E-state index in [1.807, 2.05) is 44.2 Å². The van der Waals surface area contributed by atoms with Gasteiger partial charge in [0.05, 0.1) is 5.69 Å². The highest BCUT2D eigenvalue weighted by Crippen LogP contribution is 2.26. The summed E-state index contributed by atoms with van der Waals surface area (Å²) in [6.45, 7) is 7.78. The molecule has 11 nitrogen and oxygen atoms in total. The Bertz CT molecular complexity index is 1730. The predicted octanol–water partition coefficient (Wildman–Crippen LogP) is 4.18. The van der Waals surface area contributed by atoms with Crippen molar-refractivity contribution >= 4 is 22.9 Å². The van der Waals surface area contributed by atoms with E-state index in [9.17, 15) is 14.9 Å². The third-order valence-electron chi connectivity index (χ3n) is 7.67. The highest BCUT2D eigenvalue weighted by Gasteiger charge is 2.28. The van der Waals surface area contributed by atoms with Gasteiger partial charge >= 0.3 is 5.69 Å². The quantitative estimate of drug-likeness (QED) is 0.222. The van der Waals surface area contributed by atoms with Crippen molar-refractivity contribution in [2.75, 3.05) is 18.8 Å². The molecule has 4 aromatic rings. The van der Waals surface area contributed by atoms with Crippen molar-refractivity contribution < 1.29 is 9.53 Å². The Hall–Kier alpha value is -4.95. The summed E-state index contributed by atoms with van der Waals surface area (Å²) in [7, 11) is 0. The Morgan fingerprint density at radius 1 is 1.09 bits per heavy atom. The third-order valence-corrected chi connectivity index (χ3v) is 7.67. The molecule has 5 rings (SSSR count). The van der Waals surface area contributed by atoms with Crippen molar-refractivity contribution in [2.24, 2.45) is 0 Å². The predicted molar refractivity (Wildman–Crippen MR) is 165 cm³/mol. The Kier molecular flexibility index (Phi) is 8.59. The zero-order valence-electron chi connectivity index (χ0n) is 24.7. The van der Waals surface area contributed by atoms with Crippen molar-refractivity contribution in [2.45, 2.75) is 58.2 Å². The molecule has 1 amide bonds. The minimum absolute atomic E-state index is 0.0431. The van der Waals surface area contributed by atoms with Crippen LogP contribution < -0.4 is 21.5 Å². The van der Waals surface area contributed by atoms with Gasteiger partial charge in [0.2, 0.25) is 0 Å². The van der Waals surface area contributed by atoms with Crippen LogP contribution in [0.1, 0.15) is 40.0 Å². The number of fused-ring (bicyclic) bond motifs is 1. The first-order valence-electron chi connectivity index (χ1n) is 14.4. The number of ether oxygens (including phenoxy) is 1. The van der Waals surface area contributed by atoms with Gasteiger partial charge in [-0.1, -0.05) is 24.6 Å². The molecule has 2 aromatic carbocycles. The summed E-state index contributed by atoms with van der Waals surface area (Å²) in [6.07, 6.45) is 6.43. The Morgan fingerprint density at radius 3 is 2.44 bits per heavy atom. The van der Waals surface area contributed by atoms with E-state index in [0.29, 0.717) is 28.4 Å². The van der Waals surface area contributed by atoms with Crippen molar-refractivity contribution in [1.82, 2.24) is 29.3 Å². The summed E-state index contributed by atoms with van der Waals surface area (Å²) in [5, 5.41) is 12.7. The number of piperidine rings is 1. The Morgan fingerprint density at radius 2 is 1.77 bits per heavy atom. The number of likely N-dealkylation sites (tertiary alicyclic amines) is 1. The number of rotatable bonds is 9. The lowest BCUT2D eigenvalue weighted by atomic mass is 9.95. The van der Waals surface area contributed by atoms with Gasteiger partial charge in [-0.2, -0.15) is 5.26 Å². The molecule has 2 aromatic heterocycles. The number of nitriles is 1. The van der Waals surface area contributed by atoms with Gasteiger partial charge in [-0.05, 0) is 89.2 Å². The number of benzene rings is 2. The molecule has 0 unspecified atom stereocenters. The van der Waals surface area contributed by atoms with E-state index in [-0.39, 0.29) is 23.6 Å². The van der Waals surface area contributed by atoms with Crippen LogP contribution in [0.3, 0.4) is 0 Å². The molecule has 3 heterocycles. The van der Waals surface area contributed by atoms with Gasteiger partial charge in [0.25, 0.3) is 5.91 Å². The number of hydrogen-bond donors (Lipinski definition) is 2. The van der Waals surface area contributed by atoms with Crippen LogP contribution in [-0.2, 0) is 11.3 Å². The molecule has 0 spiro atoms. The van der Waals surface area contributed by atoms with Gasteiger partial charge in [-0.15, -0.1) is 0 Å². The summed E-state index contributed by atoms with van der Waals surface area (Å²) >= 11 is 0. The highest BCUT2D eigenvalue weighted by molar-refractivity contribution is 5.97. The van der Waals surface area contributed by atoms with Gasteiger partial charge < -0.3 is 15.8 Å². The summed E-state index contributed by atoms with van der Waals surface area (Å²) in [5.41, 5.74) is 6.71. The minimum atomic E-state index is -0.503. The van der Waals surface area contributed by atoms with Crippen LogP contribution in [0.25, 0.3) is 16.9 Å². The lowest BCUT2D eigenvalue weighted by Crippen LogP contribution is -2.46. The molecule has 1 aliphatic heterocycles. The molecule has 1 saturated heterocycles. The van der Waals surface area contributed by atoms with Crippen molar-refractivity contribution in [3.63, 3.8) is 0 Å². The number of imidazole rings is 1. The van der Waals surface area contributed by atoms with Crippen LogP contribution in [-0.4, -0.2) is 54.6 Å². The number of nitrogens with two attached hydrogens (primary N) is 1. The molecule has 1 atom stereocenters. The standard InChI is InChI=1S/C32H36N8O3/c1-22(37-30(41)23(19-33)18-32(2,3)38-16-8-5-9-17-38)20-39-29-27(28(34)35-21-36-29)40(31(39)42)24-12-14-26(15-13-24)43-25-10-6-4-7-11-25/h4,6-7,10-15,18,21-22H,5,8-9,16-17,20H2,1-3H3,(H,37,41)(H2,34,35,36)/t22-/m0/s1. The van der Waals surface area contributed by atoms with E-state index in [1.165, 1.54) is 21.9 Å². The molecule has 11 heteroatoms. The molecule has 222 valence electrons. The fourth-order valence-corrected chi connectivity index (χ4v) is 5.48. The first-order valence-corrected chi connectivity index (χ1v) is 14.4. The van der Waals surface area contributed by atoms with Crippen LogP contribution in [0.2, 0.25) is 0 Å². The zero-order chi connectivity index (χ0) is 30.6. The molecule has 43 heavy (non-hydrogen) atoms. The van der Waals surface area contributed by atoms with E-state index in [2.05, 4.69) is 26.3 Å². The van der Waals surface area contributed by atoms with Crippen LogP contribution in [0, 0.1) is 11.3 Å². The summed E-state index contributed by atoms with van der Waals surface area (Å²) in [6, 6.07) is 18.0. The van der Waals surface area contributed by atoms with Crippen molar-refractivity contribution in [3.8, 4) is 23.3 Å². The molecule has 0 radical (unpaired) electrons. The van der Waals surface area contributed by atoms with E-state index >= 15 is 0 Å². The average molecular weight is 581 g/mol. The Balaban J connectivity index is 1.38. The summed E-state index contributed by atoms with van der Waals surface area (Å²) < 4.78 is 8.80. The number of hydrogen-bond acceptors (Lipinski definition) is 8. The second kappa shape index (κ2) is 12.5. The number of nitrogens with zero attached hydrogens (tertiary/aromatic N) is 6. The maximum absolute atomic E-state index is 13.8. The van der Waals surface area contributed by atoms with Gasteiger partial charge in [-0.25, -0.2) is 14.8 Å². The number of carbonyl (C=O) groups is 1. The van der Waals surface area contributed by atoms with E-state index < -0.39 is 17.5 Å². The third kappa shape index (κ3) is 6.44. The van der Waals surface area contributed by atoms with E-state index in [1.54, 1.807) is 37.3 Å². The van der Waals surface area contributed by atoms with Gasteiger partial charge in [0.1, 0.15) is 35.0 Å². The first-order chi connectivity index (χ1) is 20.7. The molecule has 1 fully saturated rings. The first kappa shape index (κ1) is 29.5. The number of anilines is 1. The van der Waals surface area contributed by atoms with Crippen molar-refractivity contribution in [1.29, 1.82) is 5.26 Å². The molecule has 3 N–H and O–H groups in total. The van der Waals surface area contributed by atoms with Crippen LogP contribution in [0.15, 0.2) is 77.4 Å². The summed E-state index contributed by atoms with van der Waals surface area (Å²) in [5.74, 6) is 0.969. The molecule has 0 aliphatic carbocycles. The highest BCUT2D eigenvalue weighted by atomic mass is 16.5. The lowest BCUT2D eigenvalue weighted by molar-refractivity contribution is -0.117. The SMILES string of the molecule is C[C@@H](Cn1c(=O)n(-c2ccc(Oc3ccccc3)cc2)c2c(N)ncnc21)NC(=O)C(C#N)=CC(C)(C)N1CCCCC1. The number of nitrogens with one attached hydrogen (secondary N) is 1. The van der Waals surface area contributed by atoms with Gasteiger partial charge in [0, 0.05) is 18.1 Å². The number of para-hydroxylation sites is 1. The van der Waals surface area contributed by atoms with Gasteiger partial charge in [-0.3, -0.25) is 18.8 Å².